The van der Waals surface area contributed by atoms with Crippen molar-refractivity contribution in [1.29, 1.82) is 0 Å². The predicted molar refractivity (Wildman–Crippen MR) is 98.0 cm³/mol. The zero-order valence-corrected chi connectivity index (χ0v) is 14.8. The number of halogens is 2. The van der Waals surface area contributed by atoms with Crippen molar-refractivity contribution in [3.8, 4) is 0 Å². The van der Waals surface area contributed by atoms with Gasteiger partial charge in [0.2, 0.25) is 0 Å². The third-order valence-corrected chi connectivity index (χ3v) is 4.93. The minimum atomic E-state index is -0.333. The Kier molecular flexibility index (Phi) is 5.27. The number of carbonyl (C=O) groups is 1. The Hall–Kier alpha value is -1.47. The third kappa shape index (κ3) is 4.09. The number of rotatable bonds is 4. The Labute approximate surface area is 149 Å². The van der Waals surface area contributed by atoms with Gasteiger partial charge in [0.1, 0.15) is 5.82 Å². The van der Waals surface area contributed by atoms with Crippen LogP contribution in [0.25, 0.3) is 0 Å². The fourth-order valence-electron chi connectivity index (χ4n) is 2.83. The first kappa shape index (κ1) is 16.4. The summed E-state index contributed by atoms with van der Waals surface area (Å²) in [5, 5.41) is 2.97. The Morgan fingerprint density at radius 2 is 1.91 bits per heavy atom. The van der Waals surface area contributed by atoms with Crippen molar-refractivity contribution in [3.63, 3.8) is 0 Å². The number of hydrogen-bond donors (Lipinski definition) is 1. The maximum absolute atomic E-state index is 13.2. The molecule has 0 aliphatic carbocycles. The van der Waals surface area contributed by atoms with Crippen LogP contribution in [-0.4, -0.2) is 23.9 Å². The fraction of sp³-hybridized carbons (Fsp3) is 0.278. The molecule has 3 rings (SSSR count). The van der Waals surface area contributed by atoms with Crippen LogP contribution in [0.1, 0.15) is 28.8 Å². The van der Waals surface area contributed by atoms with Crippen molar-refractivity contribution < 1.29 is 9.18 Å². The SMILES string of the molecule is O=C(Nc1ccccc1CN1CCCC1)c1ccc(F)cc1I. The second-order valence-electron chi connectivity index (χ2n) is 5.72. The van der Waals surface area contributed by atoms with Crippen molar-refractivity contribution in [2.24, 2.45) is 0 Å². The van der Waals surface area contributed by atoms with Crippen LogP contribution in [0.3, 0.4) is 0 Å². The van der Waals surface area contributed by atoms with Gasteiger partial charge < -0.3 is 5.32 Å². The normalized spacial score (nSPS) is 14.9. The number of anilines is 1. The summed E-state index contributed by atoms with van der Waals surface area (Å²) >= 11 is 1.98. The summed E-state index contributed by atoms with van der Waals surface area (Å²) in [5.41, 5.74) is 2.42. The van der Waals surface area contributed by atoms with Crippen molar-refractivity contribution in [1.82, 2.24) is 4.90 Å². The van der Waals surface area contributed by atoms with E-state index in [4.69, 9.17) is 0 Å². The molecule has 1 fully saturated rings. The standard InChI is InChI=1S/C18H18FIN2O/c19-14-7-8-15(16(20)11-14)18(23)21-17-6-2-1-5-13(17)12-22-9-3-4-10-22/h1-2,5-8,11H,3-4,9-10,12H2,(H,21,23). The molecular formula is C18H18FIN2O. The number of benzene rings is 2. The summed E-state index contributed by atoms with van der Waals surface area (Å²) < 4.78 is 13.8. The van der Waals surface area contributed by atoms with E-state index in [-0.39, 0.29) is 11.7 Å². The van der Waals surface area contributed by atoms with E-state index < -0.39 is 0 Å². The number of nitrogens with one attached hydrogen (secondary N) is 1. The molecule has 1 aliphatic rings. The van der Waals surface area contributed by atoms with E-state index in [1.165, 1.54) is 31.0 Å². The lowest BCUT2D eigenvalue weighted by molar-refractivity contribution is 0.102. The van der Waals surface area contributed by atoms with E-state index in [0.717, 1.165) is 30.9 Å². The van der Waals surface area contributed by atoms with Gasteiger partial charge in [0.05, 0.1) is 5.56 Å². The molecule has 0 radical (unpaired) electrons. The largest absolute Gasteiger partial charge is 0.322 e. The number of amides is 1. The van der Waals surface area contributed by atoms with Gasteiger partial charge in [-0.15, -0.1) is 0 Å². The Balaban J connectivity index is 1.77. The van der Waals surface area contributed by atoms with Crippen LogP contribution in [0.15, 0.2) is 42.5 Å². The van der Waals surface area contributed by atoms with Gasteiger partial charge in [0.15, 0.2) is 0 Å². The van der Waals surface area contributed by atoms with Crippen LogP contribution >= 0.6 is 22.6 Å². The van der Waals surface area contributed by atoms with E-state index in [1.54, 1.807) is 0 Å². The third-order valence-electron chi connectivity index (χ3n) is 4.03. The quantitative estimate of drug-likeness (QED) is 0.744. The van der Waals surface area contributed by atoms with Gasteiger partial charge in [-0.3, -0.25) is 9.69 Å². The lowest BCUT2D eigenvalue weighted by atomic mass is 10.1. The zero-order chi connectivity index (χ0) is 16.2. The summed E-state index contributed by atoms with van der Waals surface area (Å²) in [5.74, 6) is -0.538. The lowest BCUT2D eigenvalue weighted by Gasteiger charge is -2.18. The first-order valence-electron chi connectivity index (χ1n) is 7.70. The number of likely N-dealkylation sites (tertiary alicyclic amines) is 1. The highest BCUT2D eigenvalue weighted by Gasteiger charge is 2.16. The fourth-order valence-corrected chi connectivity index (χ4v) is 3.55. The molecule has 1 heterocycles. The molecule has 2 aromatic carbocycles. The van der Waals surface area contributed by atoms with E-state index in [1.807, 2.05) is 46.9 Å². The molecule has 0 bridgehead atoms. The molecule has 0 atom stereocenters. The molecule has 1 aliphatic heterocycles. The molecule has 3 nitrogen and oxygen atoms in total. The van der Waals surface area contributed by atoms with Crippen LogP contribution in [0.4, 0.5) is 10.1 Å². The number of nitrogens with zero attached hydrogens (tertiary/aromatic N) is 1. The second-order valence-corrected chi connectivity index (χ2v) is 6.88. The molecule has 0 aromatic heterocycles. The predicted octanol–water partition coefficient (Wildman–Crippen LogP) is 4.28. The molecule has 1 amide bonds. The van der Waals surface area contributed by atoms with Gasteiger partial charge in [0.25, 0.3) is 5.91 Å². The summed E-state index contributed by atoms with van der Waals surface area (Å²) in [4.78, 5) is 14.9. The first-order chi connectivity index (χ1) is 11.1. The monoisotopic (exact) mass is 424 g/mol. The van der Waals surface area contributed by atoms with Crippen LogP contribution in [-0.2, 0) is 6.54 Å². The minimum Gasteiger partial charge on any atom is -0.322 e. The van der Waals surface area contributed by atoms with E-state index in [2.05, 4.69) is 10.2 Å². The number of carbonyl (C=O) groups excluding carboxylic acids is 1. The zero-order valence-electron chi connectivity index (χ0n) is 12.7. The summed E-state index contributed by atoms with van der Waals surface area (Å²) in [6.07, 6.45) is 2.48. The van der Waals surface area contributed by atoms with Crippen molar-refractivity contribution >= 4 is 34.2 Å². The maximum atomic E-state index is 13.2. The van der Waals surface area contributed by atoms with Crippen molar-refractivity contribution in [3.05, 3.63) is 63.0 Å². The average Bonchev–Trinajstić information content (AvgIpc) is 3.02. The van der Waals surface area contributed by atoms with Gasteiger partial charge in [-0.05, 0) is 78.4 Å². The molecule has 1 saturated heterocycles. The smallest absolute Gasteiger partial charge is 0.256 e. The second kappa shape index (κ2) is 7.40. The minimum absolute atomic E-state index is 0.205. The van der Waals surface area contributed by atoms with E-state index >= 15 is 0 Å². The molecule has 2 aromatic rings. The summed E-state index contributed by atoms with van der Waals surface area (Å²) in [6, 6.07) is 12.1. The first-order valence-corrected chi connectivity index (χ1v) is 8.78. The Morgan fingerprint density at radius 3 is 2.65 bits per heavy atom. The van der Waals surface area contributed by atoms with Crippen LogP contribution in [0.5, 0.6) is 0 Å². The number of para-hydroxylation sites is 1. The average molecular weight is 424 g/mol. The molecule has 23 heavy (non-hydrogen) atoms. The molecule has 0 saturated carbocycles. The van der Waals surface area contributed by atoms with Gasteiger partial charge in [-0.1, -0.05) is 18.2 Å². The van der Waals surface area contributed by atoms with Gasteiger partial charge in [0, 0.05) is 15.8 Å². The number of hydrogen-bond acceptors (Lipinski definition) is 2. The molecule has 0 unspecified atom stereocenters. The highest BCUT2D eigenvalue weighted by molar-refractivity contribution is 14.1. The van der Waals surface area contributed by atoms with E-state index in [0.29, 0.717) is 9.13 Å². The van der Waals surface area contributed by atoms with Crippen LogP contribution in [0.2, 0.25) is 0 Å². The van der Waals surface area contributed by atoms with Crippen LogP contribution in [0, 0.1) is 9.39 Å². The van der Waals surface area contributed by atoms with Crippen LogP contribution < -0.4 is 5.32 Å². The Morgan fingerprint density at radius 1 is 1.17 bits per heavy atom. The molecule has 1 N–H and O–H groups in total. The van der Waals surface area contributed by atoms with Gasteiger partial charge in [-0.2, -0.15) is 0 Å². The highest BCUT2D eigenvalue weighted by atomic mass is 127. The lowest BCUT2D eigenvalue weighted by Crippen LogP contribution is -2.21. The highest BCUT2D eigenvalue weighted by Crippen LogP contribution is 2.22. The van der Waals surface area contributed by atoms with Gasteiger partial charge in [-0.25, -0.2) is 4.39 Å². The molecule has 120 valence electrons. The Bertz CT molecular complexity index is 714. The topological polar surface area (TPSA) is 32.3 Å². The molecular weight excluding hydrogens is 406 g/mol. The van der Waals surface area contributed by atoms with E-state index in [9.17, 15) is 9.18 Å². The van der Waals surface area contributed by atoms with Crippen molar-refractivity contribution in [2.45, 2.75) is 19.4 Å². The maximum Gasteiger partial charge on any atom is 0.256 e. The van der Waals surface area contributed by atoms with Gasteiger partial charge >= 0.3 is 0 Å². The molecule has 0 spiro atoms. The summed E-state index contributed by atoms with van der Waals surface area (Å²) in [6.45, 7) is 3.06. The summed E-state index contributed by atoms with van der Waals surface area (Å²) in [7, 11) is 0. The van der Waals surface area contributed by atoms with Crippen molar-refractivity contribution in [2.75, 3.05) is 18.4 Å². The molecule has 5 heteroatoms.